The van der Waals surface area contributed by atoms with Crippen molar-refractivity contribution in [1.82, 2.24) is 9.47 Å². The molecular weight excluding hydrogens is 372 g/mol. The molecule has 1 aromatic heterocycles. The number of carbonyl (C=O) groups is 1. The summed E-state index contributed by atoms with van der Waals surface area (Å²) in [6.07, 6.45) is 2.88. The third-order valence-electron chi connectivity index (χ3n) is 6.17. The van der Waals surface area contributed by atoms with Gasteiger partial charge in [0.05, 0.1) is 12.2 Å². The number of rotatable bonds is 5. The van der Waals surface area contributed by atoms with E-state index in [1.165, 1.54) is 27.6 Å². The number of ether oxygens (including phenoxy) is 1. The predicted molar refractivity (Wildman–Crippen MR) is 122 cm³/mol. The van der Waals surface area contributed by atoms with E-state index in [0.717, 1.165) is 6.54 Å². The van der Waals surface area contributed by atoms with Gasteiger partial charge < -0.3 is 14.2 Å². The Bertz CT molecular complexity index is 1010. The minimum absolute atomic E-state index is 0.0317. The molecule has 0 bridgehead atoms. The average molecular weight is 405 g/mol. The van der Waals surface area contributed by atoms with E-state index in [1.807, 2.05) is 18.7 Å². The summed E-state index contributed by atoms with van der Waals surface area (Å²) in [5.41, 5.74) is 4.89. The number of morpholine rings is 1. The van der Waals surface area contributed by atoms with Crippen LogP contribution >= 0.6 is 0 Å². The van der Waals surface area contributed by atoms with Crippen molar-refractivity contribution in [2.75, 3.05) is 13.1 Å². The van der Waals surface area contributed by atoms with E-state index in [1.54, 1.807) is 0 Å². The molecule has 4 heteroatoms. The zero-order valence-corrected chi connectivity index (χ0v) is 18.5. The molecule has 30 heavy (non-hydrogen) atoms. The van der Waals surface area contributed by atoms with Crippen LogP contribution in [0.25, 0.3) is 10.9 Å². The van der Waals surface area contributed by atoms with Gasteiger partial charge in [-0.3, -0.25) is 4.79 Å². The predicted octanol–water partition coefficient (Wildman–Crippen LogP) is 5.13. The van der Waals surface area contributed by atoms with Crippen LogP contribution in [0.5, 0.6) is 0 Å². The summed E-state index contributed by atoms with van der Waals surface area (Å²) in [7, 11) is 0. The number of para-hydroxylation sites is 1. The van der Waals surface area contributed by atoms with E-state index < -0.39 is 0 Å². The number of nitrogens with zero attached hydrogens (tertiary/aromatic N) is 2. The van der Waals surface area contributed by atoms with Crippen LogP contribution in [0.2, 0.25) is 0 Å². The van der Waals surface area contributed by atoms with Gasteiger partial charge in [0.25, 0.3) is 0 Å². The third kappa shape index (κ3) is 4.15. The second-order valence-electron chi connectivity index (χ2n) is 8.61. The molecule has 3 unspecified atom stereocenters. The van der Waals surface area contributed by atoms with Crippen LogP contribution in [0.1, 0.15) is 49.8 Å². The zero-order chi connectivity index (χ0) is 21.3. The molecular formula is C26H32N2O2. The van der Waals surface area contributed by atoms with Crippen LogP contribution in [-0.2, 0) is 16.1 Å². The summed E-state index contributed by atoms with van der Waals surface area (Å²) >= 11 is 0. The summed E-state index contributed by atoms with van der Waals surface area (Å²) < 4.78 is 8.12. The molecule has 2 aromatic carbocycles. The molecule has 2 heterocycles. The number of aryl methyl sites for hydroxylation is 2. The molecule has 0 radical (unpaired) electrons. The lowest BCUT2D eigenvalue weighted by molar-refractivity contribution is -0.143. The van der Waals surface area contributed by atoms with Crippen LogP contribution in [0.3, 0.4) is 0 Å². The van der Waals surface area contributed by atoms with Crippen LogP contribution < -0.4 is 0 Å². The van der Waals surface area contributed by atoms with Gasteiger partial charge in [-0.2, -0.15) is 0 Å². The maximum absolute atomic E-state index is 13.4. The quantitative estimate of drug-likeness (QED) is 0.591. The summed E-state index contributed by atoms with van der Waals surface area (Å²) in [6.45, 7) is 10.6. The summed E-state index contributed by atoms with van der Waals surface area (Å²) in [4.78, 5) is 15.4. The molecule has 0 saturated carbocycles. The van der Waals surface area contributed by atoms with Crippen molar-refractivity contribution in [3.05, 3.63) is 71.4 Å². The molecule has 4 nitrogen and oxygen atoms in total. The van der Waals surface area contributed by atoms with E-state index in [4.69, 9.17) is 4.74 Å². The lowest BCUT2D eigenvalue weighted by Gasteiger charge is -2.36. The Hall–Kier alpha value is -2.59. The maximum atomic E-state index is 13.4. The second-order valence-corrected chi connectivity index (χ2v) is 8.61. The van der Waals surface area contributed by atoms with Crippen LogP contribution in [0, 0.1) is 6.92 Å². The summed E-state index contributed by atoms with van der Waals surface area (Å²) in [6, 6.07) is 17.2. The van der Waals surface area contributed by atoms with E-state index in [2.05, 4.69) is 73.1 Å². The number of hydrogen-bond donors (Lipinski definition) is 0. The van der Waals surface area contributed by atoms with Crippen LogP contribution in [0.15, 0.2) is 54.7 Å². The number of carbonyl (C=O) groups excluding carboxylic acids is 1. The second kappa shape index (κ2) is 8.65. The number of fused-ring (bicyclic) bond motifs is 1. The van der Waals surface area contributed by atoms with Crippen LogP contribution in [0.4, 0.5) is 0 Å². The average Bonchev–Trinajstić information content (AvgIpc) is 3.10. The highest BCUT2D eigenvalue weighted by Gasteiger charge is 2.29. The van der Waals surface area contributed by atoms with Gasteiger partial charge in [0.15, 0.2) is 0 Å². The molecule has 1 amide bonds. The Labute approximate surface area is 179 Å². The largest absolute Gasteiger partial charge is 0.372 e. The molecule has 0 N–H and O–H groups in total. The molecule has 1 saturated heterocycles. The van der Waals surface area contributed by atoms with Crippen molar-refractivity contribution in [2.45, 2.75) is 58.8 Å². The Morgan fingerprint density at radius 2 is 1.73 bits per heavy atom. The first kappa shape index (κ1) is 20.7. The number of aromatic nitrogens is 1. The molecule has 0 aliphatic carbocycles. The van der Waals surface area contributed by atoms with Crippen molar-refractivity contribution < 1.29 is 9.53 Å². The van der Waals surface area contributed by atoms with E-state index in [0.29, 0.717) is 19.5 Å². The van der Waals surface area contributed by atoms with Gasteiger partial charge in [0.1, 0.15) is 0 Å². The molecule has 1 aliphatic rings. The highest BCUT2D eigenvalue weighted by atomic mass is 16.5. The third-order valence-corrected chi connectivity index (χ3v) is 6.17. The first-order valence-corrected chi connectivity index (χ1v) is 11.0. The first-order valence-electron chi connectivity index (χ1n) is 11.0. The topological polar surface area (TPSA) is 34.5 Å². The Balaban J connectivity index is 1.73. The Morgan fingerprint density at radius 1 is 1.07 bits per heavy atom. The van der Waals surface area contributed by atoms with Gasteiger partial charge in [0, 0.05) is 49.1 Å². The smallest absolute Gasteiger partial charge is 0.223 e. The van der Waals surface area contributed by atoms with Crippen molar-refractivity contribution in [2.24, 2.45) is 0 Å². The number of benzene rings is 2. The fraction of sp³-hybridized carbons (Fsp3) is 0.423. The number of amides is 1. The van der Waals surface area contributed by atoms with Gasteiger partial charge >= 0.3 is 0 Å². The monoisotopic (exact) mass is 404 g/mol. The minimum Gasteiger partial charge on any atom is -0.372 e. The normalized spacial score (nSPS) is 20.5. The highest BCUT2D eigenvalue weighted by Crippen LogP contribution is 2.35. The molecule has 1 aliphatic heterocycles. The SMILES string of the molecule is CCn1cc(C(CC(=O)N2CC(C)OC(C)C2)c2ccc(C)cc2)c2ccccc21. The van der Waals surface area contributed by atoms with Gasteiger partial charge in [0.2, 0.25) is 5.91 Å². The molecule has 1 fully saturated rings. The van der Waals surface area contributed by atoms with Gasteiger partial charge in [-0.15, -0.1) is 0 Å². The van der Waals surface area contributed by atoms with Gasteiger partial charge in [-0.05, 0) is 44.9 Å². The summed E-state index contributed by atoms with van der Waals surface area (Å²) in [5, 5.41) is 1.24. The van der Waals surface area contributed by atoms with Crippen molar-refractivity contribution in [1.29, 1.82) is 0 Å². The molecule has 3 aromatic rings. The molecule has 3 atom stereocenters. The Kier molecular flexibility index (Phi) is 5.96. The maximum Gasteiger partial charge on any atom is 0.223 e. The van der Waals surface area contributed by atoms with E-state index >= 15 is 0 Å². The lowest BCUT2D eigenvalue weighted by Crippen LogP contribution is -2.48. The highest BCUT2D eigenvalue weighted by molar-refractivity contribution is 5.86. The molecule has 4 rings (SSSR count). The fourth-order valence-corrected chi connectivity index (χ4v) is 4.71. The fourth-order valence-electron chi connectivity index (χ4n) is 4.71. The van der Waals surface area contributed by atoms with Crippen molar-refractivity contribution in [3.63, 3.8) is 0 Å². The van der Waals surface area contributed by atoms with Crippen molar-refractivity contribution >= 4 is 16.8 Å². The van der Waals surface area contributed by atoms with Crippen molar-refractivity contribution in [3.8, 4) is 0 Å². The van der Waals surface area contributed by atoms with Crippen LogP contribution in [-0.4, -0.2) is 40.7 Å². The lowest BCUT2D eigenvalue weighted by atomic mass is 9.87. The summed E-state index contributed by atoms with van der Waals surface area (Å²) in [5.74, 6) is 0.236. The first-order chi connectivity index (χ1) is 14.5. The van der Waals surface area contributed by atoms with Gasteiger partial charge in [-0.25, -0.2) is 0 Å². The minimum atomic E-state index is 0.0317. The molecule has 158 valence electrons. The standard InChI is InChI=1S/C26H32N2O2/c1-5-27-17-24(22-8-6-7-9-25(22)27)23(21-12-10-18(2)11-13-21)14-26(29)28-15-19(3)30-20(4)16-28/h6-13,17,19-20,23H,5,14-16H2,1-4H3. The zero-order valence-electron chi connectivity index (χ0n) is 18.5. The van der Waals surface area contributed by atoms with E-state index in [9.17, 15) is 4.79 Å². The molecule has 0 spiro atoms. The van der Waals surface area contributed by atoms with Gasteiger partial charge in [-0.1, -0.05) is 48.0 Å². The number of hydrogen-bond acceptors (Lipinski definition) is 2. The Morgan fingerprint density at radius 3 is 2.40 bits per heavy atom. The van der Waals surface area contributed by atoms with E-state index in [-0.39, 0.29) is 24.0 Å².